The maximum Gasteiger partial charge on any atom is 0.251 e. The molecule has 2 N–H and O–H groups in total. The molecule has 1 heterocycles. The highest BCUT2D eigenvalue weighted by Gasteiger charge is 2.27. The van der Waals surface area contributed by atoms with Crippen LogP contribution < -0.4 is 10.6 Å². The summed E-state index contributed by atoms with van der Waals surface area (Å²) in [4.78, 5) is 23.4. The molecule has 126 valence electrons. The van der Waals surface area contributed by atoms with Gasteiger partial charge in [0.2, 0.25) is 15.9 Å². The van der Waals surface area contributed by atoms with E-state index in [-0.39, 0.29) is 24.4 Å². The normalized spacial score (nSPS) is 19.1. The Morgan fingerprint density at radius 1 is 1.30 bits per heavy atom. The van der Waals surface area contributed by atoms with E-state index in [4.69, 9.17) is 0 Å². The summed E-state index contributed by atoms with van der Waals surface area (Å²) in [6, 6.07) is 6.41. The molecule has 1 aromatic carbocycles. The SMILES string of the molecule is CC(=O)Nc1cccc(C(=O)NC2CCCN(S(C)(=O)=O)C2)c1. The lowest BCUT2D eigenvalue weighted by molar-refractivity contribution is -0.114. The first-order chi connectivity index (χ1) is 10.8. The van der Waals surface area contributed by atoms with Gasteiger partial charge in [0, 0.05) is 37.3 Å². The molecule has 1 saturated heterocycles. The molecule has 0 aliphatic carbocycles. The number of nitrogens with zero attached hydrogens (tertiary/aromatic N) is 1. The van der Waals surface area contributed by atoms with E-state index in [9.17, 15) is 18.0 Å². The van der Waals surface area contributed by atoms with Crippen molar-refractivity contribution in [2.24, 2.45) is 0 Å². The molecule has 1 unspecified atom stereocenters. The number of nitrogens with one attached hydrogen (secondary N) is 2. The molecule has 0 radical (unpaired) electrons. The van der Waals surface area contributed by atoms with Crippen molar-refractivity contribution in [3.63, 3.8) is 0 Å². The first kappa shape index (κ1) is 17.4. The predicted octanol–water partition coefficient (Wildman–Crippen LogP) is 0.799. The summed E-state index contributed by atoms with van der Waals surface area (Å²) >= 11 is 0. The highest BCUT2D eigenvalue weighted by Crippen LogP contribution is 2.15. The molecule has 0 bridgehead atoms. The lowest BCUT2D eigenvalue weighted by atomic mass is 10.1. The van der Waals surface area contributed by atoms with Crippen molar-refractivity contribution in [2.75, 3.05) is 24.7 Å². The summed E-state index contributed by atoms with van der Waals surface area (Å²) in [5, 5.41) is 5.48. The number of carbonyl (C=O) groups excluding carboxylic acids is 2. The number of hydrogen-bond acceptors (Lipinski definition) is 4. The Kier molecular flexibility index (Phi) is 5.38. The van der Waals surface area contributed by atoms with Gasteiger partial charge in [0.05, 0.1) is 6.26 Å². The Labute approximate surface area is 136 Å². The van der Waals surface area contributed by atoms with Gasteiger partial charge in [-0.1, -0.05) is 6.07 Å². The fourth-order valence-electron chi connectivity index (χ4n) is 2.57. The first-order valence-electron chi connectivity index (χ1n) is 7.39. The van der Waals surface area contributed by atoms with Crippen molar-refractivity contribution in [3.05, 3.63) is 29.8 Å². The number of rotatable bonds is 4. The van der Waals surface area contributed by atoms with Crippen LogP contribution in [0.15, 0.2) is 24.3 Å². The third-order valence-electron chi connectivity index (χ3n) is 3.63. The Morgan fingerprint density at radius 3 is 2.70 bits per heavy atom. The number of hydrogen-bond donors (Lipinski definition) is 2. The largest absolute Gasteiger partial charge is 0.348 e. The maximum absolute atomic E-state index is 12.3. The van der Waals surface area contributed by atoms with Crippen LogP contribution in [0.4, 0.5) is 5.69 Å². The van der Waals surface area contributed by atoms with E-state index >= 15 is 0 Å². The quantitative estimate of drug-likeness (QED) is 0.848. The van der Waals surface area contributed by atoms with Crippen molar-refractivity contribution in [2.45, 2.75) is 25.8 Å². The molecule has 0 saturated carbocycles. The van der Waals surface area contributed by atoms with Crippen molar-refractivity contribution < 1.29 is 18.0 Å². The van der Waals surface area contributed by atoms with Crippen LogP contribution in [0.25, 0.3) is 0 Å². The molecular formula is C15H21N3O4S. The summed E-state index contributed by atoms with van der Waals surface area (Å²) in [7, 11) is -3.24. The summed E-state index contributed by atoms with van der Waals surface area (Å²) < 4.78 is 24.6. The zero-order chi connectivity index (χ0) is 17.0. The van der Waals surface area contributed by atoms with Crippen LogP contribution in [-0.4, -0.2) is 49.9 Å². The second kappa shape index (κ2) is 7.10. The highest BCUT2D eigenvalue weighted by molar-refractivity contribution is 7.88. The zero-order valence-electron chi connectivity index (χ0n) is 13.2. The van der Waals surface area contributed by atoms with Crippen LogP contribution >= 0.6 is 0 Å². The molecule has 0 aromatic heterocycles. The number of benzene rings is 1. The zero-order valence-corrected chi connectivity index (χ0v) is 14.0. The summed E-state index contributed by atoms with van der Waals surface area (Å²) in [5.41, 5.74) is 0.972. The molecular weight excluding hydrogens is 318 g/mol. The van der Waals surface area contributed by atoms with Crippen molar-refractivity contribution in [1.29, 1.82) is 0 Å². The van der Waals surface area contributed by atoms with Crippen molar-refractivity contribution in [1.82, 2.24) is 9.62 Å². The molecule has 1 aromatic rings. The Bertz CT molecular complexity index is 702. The first-order valence-corrected chi connectivity index (χ1v) is 9.24. The van der Waals surface area contributed by atoms with Gasteiger partial charge in [0.15, 0.2) is 0 Å². The molecule has 1 atom stereocenters. The van der Waals surface area contributed by atoms with Crippen LogP contribution in [0.2, 0.25) is 0 Å². The molecule has 1 fully saturated rings. The van der Waals surface area contributed by atoms with E-state index in [0.29, 0.717) is 24.2 Å². The lowest BCUT2D eigenvalue weighted by Gasteiger charge is -2.31. The van der Waals surface area contributed by atoms with Crippen LogP contribution in [0, 0.1) is 0 Å². The van der Waals surface area contributed by atoms with E-state index in [1.165, 1.54) is 17.5 Å². The van der Waals surface area contributed by atoms with E-state index in [2.05, 4.69) is 10.6 Å². The minimum atomic E-state index is -3.24. The maximum atomic E-state index is 12.3. The predicted molar refractivity (Wildman–Crippen MR) is 87.7 cm³/mol. The van der Waals surface area contributed by atoms with E-state index < -0.39 is 10.0 Å². The number of piperidine rings is 1. The van der Waals surface area contributed by atoms with Crippen LogP contribution in [0.5, 0.6) is 0 Å². The molecule has 8 heteroatoms. The van der Waals surface area contributed by atoms with Gasteiger partial charge >= 0.3 is 0 Å². The number of anilines is 1. The van der Waals surface area contributed by atoms with Gasteiger partial charge in [-0.2, -0.15) is 0 Å². The molecule has 2 amide bonds. The lowest BCUT2D eigenvalue weighted by Crippen LogP contribution is -2.49. The minimum Gasteiger partial charge on any atom is -0.348 e. The number of carbonyl (C=O) groups is 2. The average molecular weight is 339 g/mol. The third-order valence-corrected chi connectivity index (χ3v) is 4.90. The monoisotopic (exact) mass is 339 g/mol. The molecule has 7 nitrogen and oxygen atoms in total. The van der Waals surface area contributed by atoms with Gasteiger partial charge in [-0.05, 0) is 31.0 Å². The minimum absolute atomic E-state index is 0.210. The smallest absolute Gasteiger partial charge is 0.251 e. The van der Waals surface area contributed by atoms with Gasteiger partial charge in [0.25, 0.3) is 5.91 Å². The number of sulfonamides is 1. The molecule has 23 heavy (non-hydrogen) atoms. The van der Waals surface area contributed by atoms with E-state index in [0.717, 1.165) is 6.42 Å². The van der Waals surface area contributed by atoms with E-state index in [1.54, 1.807) is 24.3 Å². The Hall–Kier alpha value is -1.93. The summed E-state index contributed by atoms with van der Waals surface area (Å²) in [6.45, 7) is 2.17. The Balaban J connectivity index is 2.03. The topological polar surface area (TPSA) is 95.6 Å². The number of amides is 2. The van der Waals surface area contributed by atoms with Crippen LogP contribution in [-0.2, 0) is 14.8 Å². The standard InChI is InChI=1S/C15H21N3O4S/c1-11(19)16-13-6-3-5-12(9-13)15(20)17-14-7-4-8-18(10-14)23(2,21)22/h3,5-6,9,14H,4,7-8,10H2,1-2H3,(H,16,19)(H,17,20). The molecule has 1 aliphatic rings. The van der Waals surface area contributed by atoms with E-state index in [1.807, 2.05) is 0 Å². The average Bonchev–Trinajstić information content (AvgIpc) is 2.46. The summed E-state index contributed by atoms with van der Waals surface area (Å²) in [5.74, 6) is -0.490. The van der Waals surface area contributed by atoms with Gasteiger partial charge in [0.1, 0.15) is 0 Å². The van der Waals surface area contributed by atoms with Gasteiger partial charge in [-0.3, -0.25) is 9.59 Å². The highest BCUT2D eigenvalue weighted by atomic mass is 32.2. The second-order valence-electron chi connectivity index (χ2n) is 5.70. The van der Waals surface area contributed by atoms with Gasteiger partial charge in [-0.15, -0.1) is 0 Å². The molecule has 0 spiro atoms. The molecule has 2 rings (SSSR count). The van der Waals surface area contributed by atoms with Crippen LogP contribution in [0.1, 0.15) is 30.1 Å². The molecule has 1 aliphatic heterocycles. The fourth-order valence-corrected chi connectivity index (χ4v) is 3.48. The second-order valence-corrected chi connectivity index (χ2v) is 7.68. The van der Waals surface area contributed by atoms with Crippen molar-refractivity contribution >= 4 is 27.5 Å². The fraction of sp³-hybridized carbons (Fsp3) is 0.467. The third kappa shape index (κ3) is 5.04. The summed E-state index contributed by atoms with van der Waals surface area (Å²) in [6.07, 6.45) is 2.63. The Morgan fingerprint density at radius 2 is 2.04 bits per heavy atom. The van der Waals surface area contributed by atoms with Gasteiger partial charge < -0.3 is 10.6 Å². The van der Waals surface area contributed by atoms with Gasteiger partial charge in [-0.25, -0.2) is 12.7 Å². The van der Waals surface area contributed by atoms with Crippen LogP contribution in [0.3, 0.4) is 0 Å². The van der Waals surface area contributed by atoms with Crippen molar-refractivity contribution in [3.8, 4) is 0 Å².